The molecule has 0 radical (unpaired) electrons. The average Bonchev–Trinajstić information content (AvgIpc) is 2.33. The van der Waals surface area contributed by atoms with Gasteiger partial charge in [-0.1, -0.05) is 18.6 Å². The fourth-order valence-electron chi connectivity index (χ4n) is 2.37. The lowest BCUT2D eigenvalue weighted by Gasteiger charge is -2.22. The number of allylic oxidation sites excluding steroid dienone is 1. The summed E-state index contributed by atoms with van der Waals surface area (Å²) >= 11 is 0. The molecule has 1 aliphatic carbocycles. The standard InChI is InChI=1S/C14H24F3N/c1-2-10-18-13(8-9-14(15,16)17)11-12-6-4-3-5-7-12/h6,13,18H,2-5,7-11H2,1H3. The molecule has 4 heteroatoms. The molecule has 0 spiro atoms. The molecule has 106 valence electrons. The third kappa shape index (κ3) is 7.04. The van der Waals surface area contributed by atoms with Crippen molar-refractivity contribution >= 4 is 0 Å². The minimum absolute atomic E-state index is 0.0177. The molecule has 0 heterocycles. The topological polar surface area (TPSA) is 12.0 Å². The average molecular weight is 263 g/mol. The monoisotopic (exact) mass is 263 g/mol. The molecule has 1 nitrogen and oxygen atoms in total. The number of hydrogen-bond donors (Lipinski definition) is 1. The first-order valence-corrected chi connectivity index (χ1v) is 6.99. The van der Waals surface area contributed by atoms with Crippen molar-refractivity contribution in [3.05, 3.63) is 11.6 Å². The Bertz CT molecular complexity index is 258. The molecule has 0 bridgehead atoms. The molecule has 0 aromatic carbocycles. The summed E-state index contributed by atoms with van der Waals surface area (Å²) in [6.45, 7) is 2.84. The molecule has 0 aromatic rings. The molecule has 1 aliphatic rings. The van der Waals surface area contributed by atoms with E-state index in [2.05, 4.69) is 11.4 Å². The zero-order chi connectivity index (χ0) is 13.4. The van der Waals surface area contributed by atoms with Crippen LogP contribution in [0.25, 0.3) is 0 Å². The van der Waals surface area contributed by atoms with E-state index in [0.717, 1.165) is 32.2 Å². The molecular formula is C14H24F3N. The molecule has 1 atom stereocenters. The van der Waals surface area contributed by atoms with Crippen LogP contribution >= 0.6 is 0 Å². The van der Waals surface area contributed by atoms with Crippen molar-refractivity contribution in [2.45, 2.75) is 70.5 Å². The first-order chi connectivity index (χ1) is 8.51. The Hall–Kier alpha value is -0.510. The van der Waals surface area contributed by atoms with Gasteiger partial charge in [0.05, 0.1) is 0 Å². The zero-order valence-electron chi connectivity index (χ0n) is 11.2. The van der Waals surface area contributed by atoms with Gasteiger partial charge in [-0.05, 0) is 51.5 Å². The van der Waals surface area contributed by atoms with Crippen LogP contribution in [0.4, 0.5) is 13.2 Å². The maximum absolute atomic E-state index is 12.3. The number of hydrogen-bond acceptors (Lipinski definition) is 1. The van der Waals surface area contributed by atoms with Crippen molar-refractivity contribution < 1.29 is 13.2 Å². The summed E-state index contributed by atoms with van der Waals surface area (Å²) in [7, 11) is 0. The highest BCUT2D eigenvalue weighted by Crippen LogP contribution is 2.26. The SMILES string of the molecule is CCCNC(CCC(F)(F)F)CC1=CCCCC1. The molecule has 1 rings (SSSR count). The van der Waals surface area contributed by atoms with E-state index in [9.17, 15) is 13.2 Å². The Kier molecular flexibility index (Phi) is 6.76. The highest BCUT2D eigenvalue weighted by Gasteiger charge is 2.28. The van der Waals surface area contributed by atoms with Gasteiger partial charge in [0.15, 0.2) is 0 Å². The van der Waals surface area contributed by atoms with E-state index < -0.39 is 12.6 Å². The maximum Gasteiger partial charge on any atom is 0.389 e. The van der Waals surface area contributed by atoms with Crippen molar-refractivity contribution in [3.63, 3.8) is 0 Å². The van der Waals surface area contributed by atoms with Gasteiger partial charge >= 0.3 is 6.18 Å². The van der Waals surface area contributed by atoms with Crippen molar-refractivity contribution in [2.75, 3.05) is 6.54 Å². The van der Waals surface area contributed by atoms with E-state index >= 15 is 0 Å². The Labute approximate surface area is 108 Å². The van der Waals surface area contributed by atoms with Crippen molar-refractivity contribution in [1.29, 1.82) is 0 Å². The summed E-state index contributed by atoms with van der Waals surface area (Å²) < 4.78 is 36.8. The number of halogens is 3. The summed E-state index contributed by atoms with van der Waals surface area (Å²) in [6, 6.07) is -0.0177. The summed E-state index contributed by atoms with van der Waals surface area (Å²) in [5.74, 6) is 0. The van der Waals surface area contributed by atoms with E-state index in [0.29, 0.717) is 0 Å². The third-order valence-corrected chi connectivity index (χ3v) is 3.35. The van der Waals surface area contributed by atoms with Gasteiger partial charge in [0.2, 0.25) is 0 Å². The Morgan fingerprint density at radius 3 is 2.67 bits per heavy atom. The van der Waals surface area contributed by atoms with Gasteiger partial charge in [0.1, 0.15) is 0 Å². The Balaban J connectivity index is 2.41. The molecule has 0 aliphatic heterocycles. The summed E-state index contributed by atoms with van der Waals surface area (Å²) in [5.41, 5.74) is 1.34. The quantitative estimate of drug-likeness (QED) is 0.662. The Morgan fingerprint density at radius 1 is 1.33 bits per heavy atom. The lowest BCUT2D eigenvalue weighted by Crippen LogP contribution is -2.31. The van der Waals surface area contributed by atoms with Crippen LogP contribution in [0.3, 0.4) is 0 Å². The first kappa shape index (κ1) is 15.5. The summed E-state index contributed by atoms with van der Waals surface area (Å²) in [4.78, 5) is 0. The lowest BCUT2D eigenvalue weighted by atomic mass is 9.92. The third-order valence-electron chi connectivity index (χ3n) is 3.35. The van der Waals surface area contributed by atoms with Crippen LogP contribution in [0.2, 0.25) is 0 Å². The van der Waals surface area contributed by atoms with Crippen LogP contribution in [0.1, 0.15) is 58.3 Å². The second-order valence-corrected chi connectivity index (χ2v) is 5.12. The van der Waals surface area contributed by atoms with Crippen LogP contribution in [-0.4, -0.2) is 18.8 Å². The van der Waals surface area contributed by atoms with E-state index in [1.807, 2.05) is 6.92 Å². The smallest absolute Gasteiger partial charge is 0.314 e. The second kappa shape index (κ2) is 7.82. The van der Waals surface area contributed by atoms with E-state index in [1.165, 1.54) is 18.4 Å². The number of alkyl halides is 3. The maximum atomic E-state index is 12.3. The molecular weight excluding hydrogens is 239 g/mol. The first-order valence-electron chi connectivity index (χ1n) is 6.99. The van der Waals surface area contributed by atoms with E-state index in [4.69, 9.17) is 0 Å². The second-order valence-electron chi connectivity index (χ2n) is 5.12. The molecule has 0 fully saturated rings. The molecule has 0 saturated carbocycles. The van der Waals surface area contributed by atoms with Gasteiger partial charge in [-0.15, -0.1) is 0 Å². The van der Waals surface area contributed by atoms with Crippen LogP contribution in [0, 0.1) is 0 Å². The molecule has 18 heavy (non-hydrogen) atoms. The largest absolute Gasteiger partial charge is 0.389 e. The summed E-state index contributed by atoms with van der Waals surface area (Å²) in [6.07, 6.45) is 4.01. The van der Waals surface area contributed by atoms with Crippen LogP contribution < -0.4 is 5.32 Å². The minimum Gasteiger partial charge on any atom is -0.314 e. The summed E-state index contributed by atoms with van der Waals surface area (Å²) in [5, 5.41) is 3.25. The highest BCUT2D eigenvalue weighted by atomic mass is 19.4. The van der Waals surface area contributed by atoms with Crippen LogP contribution in [0.5, 0.6) is 0 Å². The fraction of sp³-hybridized carbons (Fsp3) is 0.857. The normalized spacial score (nSPS) is 18.6. The molecule has 1 N–H and O–H groups in total. The number of rotatable bonds is 7. The van der Waals surface area contributed by atoms with Gasteiger partial charge in [-0.3, -0.25) is 0 Å². The highest BCUT2D eigenvalue weighted by molar-refractivity contribution is 5.07. The predicted octanol–water partition coefficient (Wildman–Crippen LogP) is 4.59. The molecule has 0 amide bonds. The predicted molar refractivity (Wildman–Crippen MR) is 68.5 cm³/mol. The minimum atomic E-state index is -4.03. The van der Waals surface area contributed by atoms with E-state index in [1.54, 1.807) is 0 Å². The van der Waals surface area contributed by atoms with Crippen LogP contribution in [0.15, 0.2) is 11.6 Å². The van der Waals surface area contributed by atoms with Gasteiger partial charge < -0.3 is 5.32 Å². The zero-order valence-corrected chi connectivity index (χ0v) is 11.2. The van der Waals surface area contributed by atoms with E-state index in [-0.39, 0.29) is 12.5 Å². The molecule has 0 aromatic heterocycles. The Morgan fingerprint density at radius 2 is 2.11 bits per heavy atom. The van der Waals surface area contributed by atoms with Gasteiger partial charge in [0, 0.05) is 12.5 Å². The fourth-order valence-corrected chi connectivity index (χ4v) is 2.37. The molecule has 1 unspecified atom stereocenters. The van der Waals surface area contributed by atoms with Gasteiger partial charge in [0.25, 0.3) is 0 Å². The van der Waals surface area contributed by atoms with Gasteiger partial charge in [-0.2, -0.15) is 13.2 Å². The van der Waals surface area contributed by atoms with Gasteiger partial charge in [-0.25, -0.2) is 0 Å². The van der Waals surface area contributed by atoms with Crippen molar-refractivity contribution in [2.24, 2.45) is 0 Å². The lowest BCUT2D eigenvalue weighted by molar-refractivity contribution is -0.136. The van der Waals surface area contributed by atoms with Crippen molar-refractivity contribution in [1.82, 2.24) is 5.32 Å². The number of nitrogens with one attached hydrogen (secondary N) is 1. The molecule has 0 saturated heterocycles. The van der Waals surface area contributed by atoms with Crippen molar-refractivity contribution in [3.8, 4) is 0 Å². The van der Waals surface area contributed by atoms with Crippen LogP contribution in [-0.2, 0) is 0 Å².